The van der Waals surface area contributed by atoms with Gasteiger partial charge in [-0.15, -0.1) is 0 Å². The maximum atomic E-state index is 12.8. The van der Waals surface area contributed by atoms with Gasteiger partial charge < -0.3 is 14.8 Å². The van der Waals surface area contributed by atoms with E-state index in [1.807, 2.05) is 0 Å². The zero-order valence-corrected chi connectivity index (χ0v) is 11.8. The predicted molar refractivity (Wildman–Crippen MR) is 73.5 cm³/mol. The van der Waals surface area contributed by atoms with Gasteiger partial charge in [0.1, 0.15) is 17.9 Å². The van der Waals surface area contributed by atoms with Crippen LogP contribution >= 0.6 is 0 Å². The van der Waals surface area contributed by atoms with Crippen molar-refractivity contribution < 1.29 is 17.9 Å². The molecule has 0 aromatic carbocycles. The highest BCUT2D eigenvalue weighted by Gasteiger charge is 2.38. The maximum absolute atomic E-state index is 12.8. The highest BCUT2D eigenvalue weighted by atomic mass is 32.2. The number of pyridine rings is 1. The van der Waals surface area contributed by atoms with Crippen LogP contribution in [0.3, 0.4) is 0 Å². The minimum absolute atomic E-state index is 0.123. The topological polar surface area (TPSA) is 89.6 Å². The summed E-state index contributed by atoms with van der Waals surface area (Å²) in [4.78, 5) is 4.13. The summed E-state index contributed by atoms with van der Waals surface area (Å²) in [7, 11) is -3.56. The maximum Gasteiger partial charge on any atom is 0.262 e. The Morgan fingerprint density at radius 3 is 2.95 bits per heavy atom. The molecule has 3 aliphatic heterocycles. The minimum Gasteiger partial charge on any atom is -0.456 e. The first-order valence-corrected chi connectivity index (χ1v) is 8.08. The van der Waals surface area contributed by atoms with Crippen LogP contribution in [0.15, 0.2) is 40.8 Å². The molecule has 0 saturated carbocycles. The molecule has 3 aliphatic rings. The van der Waals surface area contributed by atoms with E-state index in [1.165, 1.54) is 24.8 Å². The second-order valence-corrected chi connectivity index (χ2v) is 7.05. The van der Waals surface area contributed by atoms with Gasteiger partial charge in [0.05, 0.1) is 4.90 Å². The van der Waals surface area contributed by atoms with Crippen LogP contribution in [-0.2, 0) is 9.84 Å². The Labute approximate surface area is 121 Å². The van der Waals surface area contributed by atoms with E-state index in [1.54, 1.807) is 0 Å². The van der Waals surface area contributed by atoms with Gasteiger partial charge in [0.2, 0.25) is 0 Å². The lowest BCUT2D eigenvalue weighted by Crippen LogP contribution is -2.37. The molecule has 4 rings (SSSR count). The average molecular weight is 307 g/mol. The molecule has 0 radical (unpaired) electrons. The third-order valence-electron chi connectivity index (χ3n) is 3.79. The van der Waals surface area contributed by atoms with E-state index in [4.69, 9.17) is 9.47 Å². The highest BCUT2D eigenvalue weighted by molar-refractivity contribution is 7.92. The van der Waals surface area contributed by atoms with Gasteiger partial charge in [-0.25, -0.2) is 13.4 Å². The second-order valence-electron chi connectivity index (χ2n) is 5.02. The Morgan fingerprint density at radius 1 is 1.19 bits per heavy atom. The smallest absolute Gasteiger partial charge is 0.262 e. The Morgan fingerprint density at radius 2 is 2.05 bits per heavy atom. The lowest BCUT2D eigenvalue weighted by Gasteiger charge is -2.17. The SMILES string of the molecule is O=S(=O)(c1cnc2c(c1)OC=CO2)C1NCC2=C1CNC2. The first kappa shape index (κ1) is 12.8. The normalized spacial score (nSPS) is 23.5. The molecular weight excluding hydrogens is 294 g/mol. The number of fused-ring (bicyclic) bond motifs is 1. The van der Waals surface area contributed by atoms with E-state index >= 15 is 0 Å². The summed E-state index contributed by atoms with van der Waals surface area (Å²) in [5, 5.41) is 5.55. The van der Waals surface area contributed by atoms with Gasteiger partial charge in [0.15, 0.2) is 15.6 Å². The van der Waals surface area contributed by atoms with Crippen molar-refractivity contribution in [3.8, 4) is 11.6 Å². The number of ether oxygens (including phenoxy) is 2. The third-order valence-corrected chi connectivity index (χ3v) is 5.74. The largest absolute Gasteiger partial charge is 0.456 e. The molecule has 0 saturated heterocycles. The zero-order valence-electron chi connectivity index (χ0n) is 11.0. The number of rotatable bonds is 2. The van der Waals surface area contributed by atoms with E-state index in [0.717, 1.165) is 17.7 Å². The lowest BCUT2D eigenvalue weighted by molar-refractivity contribution is 0.348. The van der Waals surface area contributed by atoms with Crippen molar-refractivity contribution in [2.75, 3.05) is 19.6 Å². The molecule has 0 bridgehead atoms. The Balaban J connectivity index is 1.73. The molecule has 7 nitrogen and oxygen atoms in total. The highest BCUT2D eigenvalue weighted by Crippen LogP contribution is 2.33. The zero-order chi connectivity index (χ0) is 14.4. The van der Waals surface area contributed by atoms with E-state index in [2.05, 4.69) is 15.6 Å². The van der Waals surface area contributed by atoms with Gasteiger partial charge in [-0.3, -0.25) is 5.32 Å². The monoisotopic (exact) mass is 307 g/mol. The molecule has 0 amide bonds. The number of sulfone groups is 1. The fourth-order valence-corrected chi connectivity index (χ4v) is 4.42. The van der Waals surface area contributed by atoms with Gasteiger partial charge in [-0.1, -0.05) is 0 Å². The van der Waals surface area contributed by atoms with Gasteiger partial charge in [0.25, 0.3) is 5.88 Å². The van der Waals surface area contributed by atoms with Crippen LogP contribution in [0.2, 0.25) is 0 Å². The van der Waals surface area contributed by atoms with Crippen LogP contribution in [0, 0.1) is 0 Å². The number of nitrogens with zero attached hydrogens (tertiary/aromatic N) is 1. The first-order chi connectivity index (χ1) is 10.2. The fourth-order valence-electron chi connectivity index (χ4n) is 2.75. The van der Waals surface area contributed by atoms with Crippen LogP contribution in [0.1, 0.15) is 0 Å². The molecule has 21 heavy (non-hydrogen) atoms. The van der Waals surface area contributed by atoms with E-state index in [-0.39, 0.29) is 10.8 Å². The molecule has 8 heteroatoms. The summed E-state index contributed by atoms with van der Waals surface area (Å²) < 4.78 is 35.9. The molecule has 4 heterocycles. The summed E-state index contributed by atoms with van der Waals surface area (Å²) in [6.07, 6.45) is 4.00. The Hall–Kier alpha value is -1.90. The van der Waals surface area contributed by atoms with Crippen molar-refractivity contribution in [3.63, 3.8) is 0 Å². The van der Waals surface area contributed by atoms with Gasteiger partial charge in [-0.05, 0) is 11.1 Å². The molecular formula is C13H13N3O4S. The fraction of sp³-hybridized carbons (Fsp3) is 0.308. The Bertz CT molecular complexity index is 770. The van der Waals surface area contributed by atoms with E-state index in [9.17, 15) is 8.42 Å². The molecule has 110 valence electrons. The first-order valence-electron chi connectivity index (χ1n) is 6.53. The Kier molecular flexibility index (Phi) is 2.78. The van der Waals surface area contributed by atoms with Crippen LogP contribution in [0.4, 0.5) is 0 Å². The van der Waals surface area contributed by atoms with E-state index < -0.39 is 15.2 Å². The van der Waals surface area contributed by atoms with Crippen LogP contribution < -0.4 is 20.1 Å². The van der Waals surface area contributed by atoms with Gasteiger partial charge in [0, 0.05) is 31.9 Å². The van der Waals surface area contributed by atoms with Crippen molar-refractivity contribution in [2.24, 2.45) is 0 Å². The number of hydrogen-bond donors (Lipinski definition) is 2. The van der Waals surface area contributed by atoms with Gasteiger partial charge in [-0.2, -0.15) is 0 Å². The number of aromatic nitrogens is 1. The summed E-state index contributed by atoms with van der Waals surface area (Å²) in [6.45, 7) is 1.96. The molecule has 0 aliphatic carbocycles. The van der Waals surface area contributed by atoms with Crippen molar-refractivity contribution in [1.82, 2.24) is 15.6 Å². The summed E-state index contributed by atoms with van der Waals surface area (Å²) in [6, 6.07) is 1.45. The molecule has 1 atom stereocenters. The number of hydrogen-bond acceptors (Lipinski definition) is 7. The standard InChI is InChI=1S/C13H13N3O4S/c17-21(18,13-10-7-14-4-8(10)5-16-13)9-3-11-12(15-6-9)20-2-1-19-11/h1-3,6,13-14,16H,4-5,7H2. The van der Waals surface area contributed by atoms with Crippen LogP contribution in [0.5, 0.6) is 11.6 Å². The molecule has 1 aromatic heterocycles. The molecule has 0 fully saturated rings. The summed E-state index contributed by atoms with van der Waals surface area (Å²) in [5.41, 5.74) is 2.06. The second kappa shape index (κ2) is 4.55. The molecule has 1 unspecified atom stereocenters. The summed E-state index contributed by atoms with van der Waals surface area (Å²) >= 11 is 0. The van der Waals surface area contributed by atoms with Crippen molar-refractivity contribution in [3.05, 3.63) is 35.9 Å². The van der Waals surface area contributed by atoms with Crippen molar-refractivity contribution in [1.29, 1.82) is 0 Å². The quantitative estimate of drug-likeness (QED) is 0.739. The minimum atomic E-state index is -3.56. The van der Waals surface area contributed by atoms with Gasteiger partial charge >= 0.3 is 0 Å². The molecule has 2 N–H and O–H groups in total. The third kappa shape index (κ3) is 1.95. The number of nitrogens with one attached hydrogen (secondary N) is 2. The van der Waals surface area contributed by atoms with Crippen molar-refractivity contribution >= 4 is 9.84 Å². The van der Waals surface area contributed by atoms with Crippen LogP contribution in [0.25, 0.3) is 0 Å². The van der Waals surface area contributed by atoms with E-state index in [0.29, 0.717) is 18.8 Å². The summed E-state index contributed by atoms with van der Waals surface area (Å²) in [5.74, 6) is 0.564. The van der Waals surface area contributed by atoms with Crippen molar-refractivity contribution in [2.45, 2.75) is 10.3 Å². The molecule has 0 spiro atoms. The average Bonchev–Trinajstić information content (AvgIpc) is 3.09. The predicted octanol–water partition coefficient (Wildman–Crippen LogP) is -0.0732. The molecule has 1 aromatic rings. The van der Waals surface area contributed by atoms with Crippen LogP contribution in [-0.4, -0.2) is 38.4 Å². The lowest BCUT2D eigenvalue weighted by atomic mass is 10.2.